The number of alkyl halides is 3. The standard InChI is InChI=1S/C13H10F3N3O2S/c14-13(15,16)10-1-3-11(4-2-10)22(20,21)19-6-9-5-17-8-18-12(9)7-19/h1-5,8H,6-7H2. The summed E-state index contributed by atoms with van der Waals surface area (Å²) in [6.45, 7) is 0.195. The van der Waals surface area contributed by atoms with E-state index in [1.54, 1.807) is 0 Å². The van der Waals surface area contributed by atoms with Crippen molar-refractivity contribution in [1.29, 1.82) is 0 Å². The van der Waals surface area contributed by atoms with E-state index in [0.717, 1.165) is 28.6 Å². The first-order valence-electron chi connectivity index (χ1n) is 6.23. The van der Waals surface area contributed by atoms with Crippen LogP contribution in [0.3, 0.4) is 0 Å². The average molecular weight is 329 g/mol. The smallest absolute Gasteiger partial charge is 0.244 e. The van der Waals surface area contributed by atoms with E-state index in [2.05, 4.69) is 9.97 Å². The molecular weight excluding hydrogens is 319 g/mol. The van der Waals surface area contributed by atoms with Gasteiger partial charge in [0.05, 0.1) is 22.7 Å². The first-order valence-corrected chi connectivity index (χ1v) is 7.67. The highest BCUT2D eigenvalue weighted by Crippen LogP contribution is 2.31. The Bertz CT molecular complexity index is 779. The fourth-order valence-corrected chi connectivity index (χ4v) is 3.59. The van der Waals surface area contributed by atoms with Gasteiger partial charge in [0.2, 0.25) is 10.0 Å². The van der Waals surface area contributed by atoms with Gasteiger partial charge < -0.3 is 0 Å². The van der Waals surface area contributed by atoms with Crippen LogP contribution in [0.25, 0.3) is 0 Å². The molecular formula is C13H10F3N3O2S. The number of fused-ring (bicyclic) bond motifs is 1. The second-order valence-electron chi connectivity index (χ2n) is 4.79. The Kier molecular flexibility index (Phi) is 3.41. The lowest BCUT2D eigenvalue weighted by Gasteiger charge is -2.16. The van der Waals surface area contributed by atoms with Crippen LogP contribution in [0.15, 0.2) is 41.7 Å². The SMILES string of the molecule is O=S(=O)(c1ccc(C(F)(F)F)cc1)N1Cc2cncnc2C1. The number of halogens is 3. The maximum Gasteiger partial charge on any atom is 0.416 e. The van der Waals surface area contributed by atoms with Crippen LogP contribution in [-0.4, -0.2) is 22.7 Å². The second-order valence-corrected chi connectivity index (χ2v) is 6.73. The van der Waals surface area contributed by atoms with Crippen LogP contribution in [0.2, 0.25) is 0 Å². The lowest BCUT2D eigenvalue weighted by atomic mass is 10.2. The zero-order valence-electron chi connectivity index (χ0n) is 11.1. The Balaban J connectivity index is 1.89. The largest absolute Gasteiger partial charge is 0.416 e. The number of aromatic nitrogens is 2. The molecule has 2 heterocycles. The third-order valence-corrected chi connectivity index (χ3v) is 5.18. The molecule has 2 aromatic rings. The molecule has 0 bridgehead atoms. The van der Waals surface area contributed by atoms with Crippen molar-refractivity contribution < 1.29 is 21.6 Å². The molecule has 0 saturated carbocycles. The van der Waals surface area contributed by atoms with Gasteiger partial charge in [-0.2, -0.15) is 17.5 Å². The zero-order chi connectivity index (χ0) is 16.0. The van der Waals surface area contributed by atoms with Gasteiger partial charge in [-0.1, -0.05) is 0 Å². The normalized spacial score (nSPS) is 15.8. The molecule has 0 aliphatic carbocycles. The number of sulfonamides is 1. The summed E-state index contributed by atoms with van der Waals surface area (Å²) in [5.41, 5.74) is 0.408. The molecule has 116 valence electrons. The number of rotatable bonds is 2. The van der Waals surface area contributed by atoms with E-state index in [1.165, 1.54) is 12.5 Å². The second kappa shape index (κ2) is 5.03. The molecule has 9 heteroatoms. The van der Waals surface area contributed by atoms with Crippen molar-refractivity contribution in [3.8, 4) is 0 Å². The third-order valence-electron chi connectivity index (χ3n) is 3.37. The number of hydrogen-bond acceptors (Lipinski definition) is 4. The fraction of sp³-hybridized carbons (Fsp3) is 0.231. The van der Waals surface area contributed by atoms with Gasteiger partial charge >= 0.3 is 6.18 Å². The molecule has 0 radical (unpaired) electrons. The Morgan fingerprint density at radius 3 is 2.36 bits per heavy atom. The summed E-state index contributed by atoms with van der Waals surface area (Å²) < 4.78 is 63.6. The van der Waals surface area contributed by atoms with Crippen molar-refractivity contribution in [2.45, 2.75) is 24.2 Å². The van der Waals surface area contributed by atoms with Gasteiger partial charge in [-0.25, -0.2) is 18.4 Å². The topological polar surface area (TPSA) is 63.2 Å². The lowest BCUT2D eigenvalue weighted by Crippen LogP contribution is -2.25. The summed E-state index contributed by atoms with van der Waals surface area (Å²) in [6, 6.07) is 3.45. The molecule has 5 nitrogen and oxygen atoms in total. The molecule has 0 saturated heterocycles. The highest BCUT2D eigenvalue weighted by Gasteiger charge is 2.33. The first-order chi connectivity index (χ1) is 10.3. The molecule has 22 heavy (non-hydrogen) atoms. The molecule has 1 aliphatic heterocycles. The first kappa shape index (κ1) is 14.9. The van der Waals surface area contributed by atoms with E-state index < -0.39 is 21.8 Å². The molecule has 1 aromatic heterocycles. The highest BCUT2D eigenvalue weighted by atomic mass is 32.2. The van der Waals surface area contributed by atoms with Gasteiger partial charge in [-0.15, -0.1) is 0 Å². The van der Waals surface area contributed by atoms with Gasteiger partial charge in [0, 0.05) is 18.3 Å². The van der Waals surface area contributed by atoms with Crippen molar-refractivity contribution in [2.75, 3.05) is 0 Å². The summed E-state index contributed by atoms with van der Waals surface area (Å²) in [4.78, 5) is 7.64. The van der Waals surface area contributed by atoms with E-state index in [0.29, 0.717) is 11.3 Å². The monoisotopic (exact) mass is 329 g/mol. The Morgan fingerprint density at radius 2 is 1.77 bits per heavy atom. The van der Waals surface area contributed by atoms with Gasteiger partial charge in [-0.3, -0.25) is 0 Å². The van der Waals surface area contributed by atoms with Gasteiger partial charge in [-0.05, 0) is 24.3 Å². The summed E-state index contributed by atoms with van der Waals surface area (Å²) >= 11 is 0. The van der Waals surface area contributed by atoms with Crippen LogP contribution in [0.1, 0.15) is 16.8 Å². The summed E-state index contributed by atoms with van der Waals surface area (Å²) in [6.07, 6.45) is -1.64. The Labute approximate surface area is 124 Å². The molecule has 0 N–H and O–H groups in total. The number of nitrogens with zero attached hydrogens (tertiary/aromatic N) is 3. The van der Waals surface area contributed by atoms with Crippen molar-refractivity contribution in [3.63, 3.8) is 0 Å². The van der Waals surface area contributed by atoms with Crippen LogP contribution < -0.4 is 0 Å². The van der Waals surface area contributed by atoms with E-state index in [-0.39, 0.29) is 18.0 Å². The van der Waals surface area contributed by atoms with Crippen LogP contribution in [0.5, 0.6) is 0 Å². The predicted molar refractivity (Wildman–Crippen MR) is 69.9 cm³/mol. The van der Waals surface area contributed by atoms with Gasteiger partial charge in [0.1, 0.15) is 6.33 Å². The molecule has 0 amide bonds. The minimum Gasteiger partial charge on any atom is -0.244 e. The molecule has 1 aliphatic rings. The molecule has 0 atom stereocenters. The molecule has 0 spiro atoms. The van der Waals surface area contributed by atoms with Crippen molar-refractivity contribution >= 4 is 10.0 Å². The number of hydrogen-bond donors (Lipinski definition) is 0. The zero-order valence-corrected chi connectivity index (χ0v) is 11.9. The fourth-order valence-electron chi connectivity index (χ4n) is 2.21. The van der Waals surface area contributed by atoms with E-state index in [4.69, 9.17) is 0 Å². The molecule has 1 aromatic carbocycles. The quantitative estimate of drug-likeness (QED) is 0.847. The van der Waals surface area contributed by atoms with Gasteiger partial charge in [0.25, 0.3) is 0 Å². The maximum absolute atomic E-state index is 12.5. The Morgan fingerprint density at radius 1 is 1.09 bits per heavy atom. The average Bonchev–Trinajstić information content (AvgIpc) is 2.91. The lowest BCUT2D eigenvalue weighted by molar-refractivity contribution is -0.137. The van der Waals surface area contributed by atoms with Crippen LogP contribution in [0, 0.1) is 0 Å². The van der Waals surface area contributed by atoms with Crippen molar-refractivity contribution in [2.24, 2.45) is 0 Å². The molecule has 3 rings (SSSR count). The summed E-state index contributed by atoms with van der Waals surface area (Å²) in [5, 5.41) is 0. The minimum atomic E-state index is -4.50. The van der Waals surface area contributed by atoms with Crippen molar-refractivity contribution in [1.82, 2.24) is 14.3 Å². The van der Waals surface area contributed by atoms with E-state index in [1.807, 2.05) is 0 Å². The Hall–Kier alpha value is -2.00. The van der Waals surface area contributed by atoms with Crippen LogP contribution >= 0.6 is 0 Å². The van der Waals surface area contributed by atoms with Crippen LogP contribution in [0.4, 0.5) is 13.2 Å². The predicted octanol–water partition coefficient (Wildman–Crippen LogP) is 2.20. The molecule has 0 fully saturated rings. The number of benzene rings is 1. The highest BCUT2D eigenvalue weighted by molar-refractivity contribution is 7.89. The van der Waals surface area contributed by atoms with Crippen molar-refractivity contribution in [3.05, 3.63) is 53.6 Å². The third kappa shape index (κ3) is 2.57. The van der Waals surface area contributed by atoms with E-state index in [9.17, 15) is 21.6 Å². The molecule has 0 unspecified atom stereocenters. The summed E-state index contributed by atoms with van der Waals surface area (Å²) in [7, 11) is -3.87. The minimum absolute atomic E-state index is 0.0845. The van der Waals surface area contributed by atoms with E-state index >= 15 is 0 Å². The summed E-state index contributed by atoms with van der Waals surface area (Å²) in [5.74, 6) is 0. The maximum atomic E-state index is 12.5. The van der Waals surface area contributed by atoms with Gasteiger partial charge in [0.15, 0.2) is 0 Å². The van der Waals surface area contributed by atoms with Crippen LogP contribution in [-0.2, 0) is 29.3 Å².